The average molecular weight is 395 g/mol. The zero-order valence-electron chi connectivity index (χ0n) is 16.2. The van der Waals surface area contributed by atoms with Crippen LogP contribution in [0.4, 0.5) is 16.4 Å². The van der Waals surface area contributed by atoms with Gasteiger partial charge in [0.15, 0.2) is 0 Å². The first-order valence-corrected chi connectivity index (χ1v) is 9.43. The Hall–Kier alpha value is -3.22. The van der Waals surface area contributed by atoms with Crippen LogP contribution in [0.5, 0.6) is 5.75 Å². The van der Waals surface area contributed by atoms with E-state index in [1.54, 1.807) is 11.0 Å². The van der Waals surface area contributed by atoms with E-state index in [0.717, 1.165) is 5.56 Å². The molecule has 0 saturated carbocycles. The number of carbonyl (C=O) groups is 1. The number of rotatable bonds is 4. The molecular formula is C20H21N5O4. The van der Waals surface area contributed by atoms with Crippen molar-refractivity contribution in [1.82, 2.24) is 9.97 Å². The van der Waals surface area contributed by atoms with E-state index in [1.165, 1.54) is 6.20 Å². The molecule has 0 unspecified atom stereocenters. The van der Waals surface area contributed by atoms with Gasteiger partial charge in [0, 0.05) is 12.6 Å². The van der Waals surface area contributed by atoms with Gasteiger partial charge in [0.2, 0.25) is 6.29 Å². The quantitative estimate of drug-likeness (QED) is 0.847. The maximum Gasteiger partial charge on any atom is 0.328 e. The molecule has 1 N–H and O–H groups in total. The number of pyridine rings is 2. The molecule has 150 valence electrons. The Morgan fingerprint density at radius 2 is 2.17 bits per heavy atom. The summed E-state index contributed by atoms with van der Waals surface area (Å²) in [5.74, 6) is 1.27. The molecule has 0 atom stereocenters. The first-order valence-electron chi connectivity index (χ1n) is 9.43. The summed E-state index contributed by atoms with van der Waals surface area (Å²) in [6, 6.07) is 7.06. The van der Waals surface area contributed by atoms with Crippen LogP contribution in [0.25, 0.3) is 0 Å². The average Bonchev–Trinajstić information content (AvgIpc) is 3.37. The van der Waals surface area contributed by atoms with Gasteiger partial charge in [-0.25, -0.2) is 14.8 Å². The predicted octanol–water partition coefficient (Wildman–Crippen LogP) is 2.78. The number of hydrogen-bond acceptors (Lipinski definition) is 7. The molecule has 2 aliphatic rings. The molecule has 9 nitrogen and oxygen atoms in total. The Morgan fingerprint density at radius 3 is 2.90 bits per heavy atom. The third-order valence-electron chi connectivity index (χ3n) is 4.53. The fourth-order valence-corrected chi connectivity index (χ4v) is 3.23. The lowest BCUT2D eigenvalue weighted by Gasteiger charge is -2.19. The van der Waals surface area contributed by atoms with E-state index in [9.17, 15) is 10.1 Å². The molecule has 1 saturated heterocycles. The number of hydrogen-bond donors (Lipinski definition) is 1. The molecule has 2 aliphatic heterocycles. The zero-order valence-corrected chi connectivity index (χ0v) is 16.2. The van der Waals surface area contributed by atoms with Crippen molar-refractivity contribution in [2.75, 3.05) is 30.0 Å². The van der Waals surface area contributed by atoms with Gasteiger partial charge in [0.05, 0.1) is 31.2 Å². The van der Waals surface area contributed by atoms with E-state index in [-0.39, 0.29) is 12.1 Å². The van der Waals surface area contributed by atoms with E-state index in [0.29, 0.717) is 54.8 Å². The lowest BCUT2D eigenvalue weighted by molar-refractivity contribution is -0.0472. The minimum absolute atomic E-state index is 0.110. The smallest absolute Gasteiger partial charge is 0.328 e. The van der Waals surface area contributed by atoms with Gasteiger partial charge in [0.25, 0.3) is 0 Å². The van der Waals surface area contributed by atoms with Gasteiger partial charge in [-0.3, -0.25) is 10.2 Å². The number of aromatic nitrogens is 2. The Morgan fingerprint density at radius 1 is 1.38 bits per heavy atom. The van der Waals surface area contributed by atoms with Gasteiger partial charge in [-0.1, -0.05) is 6.07 Å². The van der Waals surface area contributed by atoms with Crippen LogP contribution in [-0.4, -0.2) is 41.9 Å². The molecule has 1 fully saturated rings. The summed E-state index contributed by atoms with van der Waals surface area (Å²) in [7, 11) is 0. The van der Waals surface area contributed by atoms with Crippen molar-refractivity contribution in [3.63, 3.8) is 0 Å². The van der Waals surface area contributed by atoms with Crippen molar-refractivity contribution in [2.45, 2.75) is 32.7 Å². The van der Waals surface area contributed by atoms with Crippen LogP contribution in [0.3, 0.4) is 0 Å². The Kier molecular flexibility index (Phi) is 5.29. The molecule has 4 heterocycles. The highest BCUT2D eigenvalue weighted by Crippen LogP contribution is 2.31. The summed E-state index contributed by atoms with van der Waals surface area (Å²) in [6.07, 6.45) is 1.49. The van der Waals surface area contributed by atoms with Gasteiger partial charge < -0.3 is 14.2 Å². The molecule has 2 amide bonds. The molecule has 4 rings (SSSR count). The monoisotopic (exact) mass is 395 g/mol. The summed E-state index contributed by atoms with van der Waals surface area (Å²) in [5.41, 5.74) is 1.94. The van der Waals surface area contributed by atoms with Gasteiger partial charge in [-0.15, -0.1) is 0 Å². The fourth-order valence-electron chi connectivity index (χ4n) is 3.23. The first-order chi connectivity index (χ1) is 14.0. The number of nitrogens with zero attached hydrogens (tertiary/aromatic N) is 4. The maximum absolute atomic E-state index is 12.9. The summed E-state index contributed by atoms with van der Waals surface area (Å²) in [4.78, 5) is 23.2. The first kappa shape index (κ1) is 19.1. The van der Waals surface area contributed by atoms with E-state index < -0.39 is 6.29 Å². The van der Waals surface area contributed by atoms with Crippen LogP contribution >= 0.6 is 0 Å². The normalized spacial score (nSPS) is 16.0. The SMILES string of the molecule is CC(C)Oc1cc(NC(=O)N2CCc3ccc(C4OCCO4)nc32)ncc1C#N. The Balaban J connectivity index is 1.53. The topological polar surface area (TPSA) is 110 Å². The number of anilines is 2. The lowest BCUT2D eigenvalue weighted by Crippen LogP contribution is -2.34. The highest BCUT2D eigenvalue weighted by molar-refractivity contribution is 6.02. The van der Waals surface area contributed by atoms with Crippen molar-refractivity contribution in [1.29, 1.82) is 5.26 Å². The molecule has 2 aromatic heterocycles. The van der Waals surface area contributed by atoms with E-state index in [4.69, 9.17) is 14.2 Å². The second kappa shape index (κ2) is 8.03. The number of urea groups is 1. The van der Waals surface area contributed by atoms with Crippen molar-refractivity contribution in [2.24, 2.45) is 0 Å². The zero-order chi connectivity index (χ0) is 20.4. The molecular weight excluding hydrogens is 374 g/mol. The third kappa shape index (κ3) is 3.99. The largest absolute Gasteiger partial charge is 0.489 e. The second-order valence-electron chi connectivity index (χ2n) is 6.97. The number of nitriles is 1. The summed E-state index contributed by atoms with van der Waals surface area (Å²) in [5, 5.41) is 12.0. The molecule has 0 aromatic carbocycles. The van der Waals surface area contributed by atoms with E-state index >= 15 is 0 Å². The van der Waals surface area contributed by atoms with Gasteiger partial charge in [-0.05, 0) is 31.9 Å². The maximum atomic E-state index is 12.9. The number of carbonyl (C=O) groups excluding carboxylic acids is 1. The predicted molar refractivity (Wildman–Crippen MR) is 104 cm³/mol. The van der Waals surface area contributed by atoms with Gasteiger partial charge in [-0.2, -0.15) is 5.26 Å². The highest BCUT2D eigenvalue weighted by atomic mass is 16.7. The molecule has 0 radical (unpaired) electrons. The minimum Gasteiger partial charge on any atom is -0.489 e. The molecule has 0 aliphatic carbocycles. The highest BCUT2D eigenvalue weighted by Gasteiger charge is 2.29. The molecule has 0 bridgehead atoms. The van der Waals surface area contributed by atoms with Crippen LogP contribution in [0, 0.1) is 11.3 Å². The molecule has 9 heteroatoms. The van der Waals surface area contributed by atoms with Crippen LogP contribution < -0.4 is 15.0 Å². The Labute approximate surface area is 168 Å². The number of nitrogens with one attached hydrogen (secondary N) is 1. The fraction of sp³-hybridized carbons (Fsp3) is 0.400. The summed E-state index contributed by atoms with van der Waals surface area (Å²) in [6.45, 7) is 5.29. The van der Waals surface area contributed by atoms with E-state index in [1.807, 2.05) is 32.0 Å². The molecule has 29 heavy (non-hydrogen) atoms. The number of amides is 2. The van der Waals surface area contributed by atoms with Gasteiger partial charge >= 0.3 is 6.03 Å². The third-order valence-corrected chi connectivity index (χ3v) is 4.53. The van der Waals surface area contributed by atoms with Crippen LogP contribution in [0.15, 0.2) is 24.4 Å². The number of ether oxygens (including phenoxy) is 3. The van der Waals surface area contributed by atoms with Crippen LogP contribution in [0.1, 0.15) is 37.0 Å². The second-order valence-corrected chi connectivity index (χ2v) is 6.97. The van der Waals surface area contributed by atoms with E-state index in [2.05, 4.69) is 15.3 Å². The van der Waals surface area contributed by atoms with Crippen molar-refractivity contribution in [3.05, 3.63) is 41.2 Å². The van der Waals surface area contributed by atoms with Crippen molar-refractivity contribution < 1.29 is 19.0 Å². The Bertz CT molecular complexity index is 966. The van der Waals surface area contributed by atoms with Gasteiger partial charge in [0.1, 0.15) is 29.0 Å². The van der Waals surface area contributed by atoms with Crippen LogP contribution in [-0.2, 0) is 15.9 Å². The number of fused-ring (bicyclic) bond motifs is 1. The standard InChI is InChI=1S/C20H21N5O4/c1-12(2)29-16-9-17(22-11-14(16)10-21)24-20(26)25-6-5-13-3-4-15(23-18(13)25)19-27-7-8-28-19/h3-4,9,11-12,19H,5-8H2,1-2H3,(H,22,24,26). The van der Waals surface area contributed by atoms with Crippen molar-refractivity contribution in [3.8, 4) is 11.8 Å². The lowest BCUT2D eigenvalue weighted by atomic mass is 10.2. The molecule has 0 spiro atoms. The summed E-state index contributed by atoms with van der Waals surface area (Å²) < 4.78 is 16.7. The van der Waals surface area contributed by atoms with Crippen LogP contribution in [0.2, 0.25) is 0 Å². The summed E-state index contributed by atoms with van der Waals surface area (Å²) >= 11 is 0. The molecule has 2 aromatic rings. The van der Waals surface area contributed by atoms with Crippen molar-refractivity contribution >= 4 is 17.7 Å². The minimum atomic E-state index is -0.498.